The predicted molar refractivity (Wildman–Crippen MR) is 102 cm³/mol. The van der Waals surface area contributed by atoms with Crippen LogP contribution in [0, 0.1) is 5.92 Å². The Kier molecular flexibility index (Phi) is 4.60. The average Bonchev–Trinajstić information content (AvgIpc) is 3.27. The molecule has 2 amide bonds. The molecular weight excluding hydrogens is 389 g/mol. The van der Waals surface area contributed by atoms with E-state index in [-0.39, 0.29) is 43.3 Å². The number of ether oxygens (including phenoxy) is 1. The highest BCUT2D eigenvalue weighted by Crippen LogP contribution is 2.53. The number of amides is 2. The molecular formula is C20H17Cl2NO4. The van der Waals surface area contributed by atoms with Gasteiger partial charge in [-0.1, -0.05) is 24.3 Å². The van der Waals surface area contributed by atoms with Gasteiger partial charge in [-0.05, 0) is 30.4 Å². The number of esters is 1. The fraction of sp³-hybridized carbons (Fsp3) is 0.350. The van der Waals surface area contributed by atoms with Crippen molar-refractivity contribution < 1.29 is 19.1 Å². The van der Waals surface area contributed by atoms with E-state index in [0.717, 1.165) is 5.39 Å². The minimum atomic E-state index is -0.776. The molecule has 140 valence electrons. The summed E-state index contributed by atoms with van der Waals surface area (Å²) in [5.41, 5.74) is 1.03. The van der Waals surface area contributed by atoms with Crippen molar-refractivity contribution in [2.75, 3.05) is 13.2 Å². The van der Waals surface area contributed by atoms with Gasteiger partial charge >= 0.3 is 5.97 Å². The highest BCUT2D eigenvalue weighted by molar-refractivity contribution is 6.50. The molecule has 0 aromatic heterocycles. The van der Waals surface area contributed by atoms with E-state index in [2.05, 4.69) is 0 Å². The SMILES string of the molecule is O=C(CCCN1C(=O)c2cccc3cccc(c23)C1=O)OC[C@@H]1CC1(Cl)Cl. The van der Waals surface area contributed by atoms with Gasteiger partial charge in [-0.25, -0.2) is 0 Å². The maximum atomic E-state index is 12.7. The number of rotatable bonds is 6. The molecule has 0 N–H and O–H groups in total. The first-order valence-corrected chi connectivity index (χ1v) is 9.55. The first-order chi connectivity index (χ1) is 12.9. The normalized spacial score (nSPS) is 20.1. The molecule has 0 radical (unpaired) electrons. The van der Waals surface area contributed by atoms with Crippen molar-refractivity contribution >= 4 is 51.8 Å². The molecule has 5 nitrogen and oxygen atoms in total. The first-order valence-electron chi connectivity index (χ1n) is 8.80. The van der Waals surface area contributed by atoms with Gasteiger partial charge in [-0.3, -0.25) is 19.3 Å². The number of nitrogens with zero attached hydrogens (tertiary/aromatic N) is 1. The van der Waals surface area contributed by atoms with Crippen molar-refractivity contribution in [3.05, 3.63) is 47.5 Å². The summed E-state index contributed by atoms with van der Waals surface area (Å²) in [5, 5.41) is 1.56. The Morgan fingerprint density at radius 2 is 1.70 bits per heavy atom. The number of imide groups is 1. The van der Waals surface area contributed by atoms with E-state index in [9.17, 15) is 14.4 Å². The fourth-order valence-corrected chi connectivity index (χ4v) is 3.88. The monoisotopic (exact) mass is 405 g/mol. The van der Waals surface area contributed by atoms with Gasteiger partial charge in [-0.15, -0.1) is 23.2 Å². The molecule has 0 saturated heterocycles. The maximum Gasteiger partial charge on any atom is 0.305 e. The smallest absolute Gasteiger partial charge is 0.305 e. The van der Waals surface area contributed by atoms with Crippen molar-refractivity contribution in [3.63, 3.8) is 0 Å². The van der Waals surface area contributed by atoms with Crippen molar-refractivity contribution in [2.24, 2.45) is 5.92 Å². The lowest BCUT2D eigenvalue weighted by atomic mass is 9.94. The second-order valence-electron chi connectivity index (χ2n) is 6.92. The Bertz CT molecular complexity index is 905. The Labute approximate surface area is 166 Å². The number of alkyl halides is 2. The number of carbonyl (C=O) groups excluding carboxylic acids is 3. The summed E-state index contributed by atoms with van der Waals surface area (Å²) in [5.74, 6) is -1.06. The number of hydrogen-bond donors (Lipinski definition) is 0. The van der Waals surface area contributed by atoms with Crippen molar-refractivity contribution in [1.82, 2.24) is 4.90 Å². The zero-order chi connectivity index (χ0) is 19.2. The van der Waals surface area contributed by atoms with Gasteiger partial charge in [0.25, 0.3) is 11.8 Å². The first kappa shape index (κ1) is 18.3. The molecule has 1 saturated carbocycles. The largest absolute Gasteiger partial charge is 0.465 e. The number of benzene rings is 2. The summed E-state index contributed by atoms with van der Waals surface area (Å²) < 4.78 is 4.37. The van der Waals surface area contributed by atoms with Gasteiger partial charge in [0.1, 0.15) is 4.33 Å². The number of carbonyl (C=O) groups is 3. The molecule has 1 atom stereocenters. The molecule has 1 aliphatic heterocycles. The molecule has 2 aromatic carbocycles. The summed E-state index contributed by atoms with van der Waals surface area (Å²) in [4.78, 5) is 38.5. The van der Waals surface area contributed by atoms with E-state index >= 15 is 0 Å². The second kappa shape index (κ2) is 6.80. The van der Waals surface area contributed by atoms with Crippen molar-refractivity contribution in [2.45, 2.75) is 23.6 Å². The van der Waals surface area contributed by atoms with E-state index in [1.807, 2.05) is 12.1 Å². The lowest BCUT2D eigenvalue weighted by Crippen LogP contribution is -2.41. The lowest BCUT2D eigenvalue weighted by molar-refractivity contribution is -0.144. The second-order valence-corrected chi connectivity index (χ2v) is 8.46. The fourth-order valence-electron chi connectivity index (χ4n) is 3.38. The van der Waals surface area contributed by atoms with Gasteiger partial charge in [-0.2, -0.15) is 0 Å². The minimum absolute atomic E-state index is 0.0213. The Morgan fingerprint density at radius 1 is 1.11 bits per heavy atom. The summed E-state index contributed by atoms with van der Waals surface area (Å²) in [7, 11) is 0. The highest BCUT2D eigenvalue weighted by Gasteiger charge is 2.52. The molecule has 0 spiro atoms. The molecule has 7 heteroatoms. The maximum absolute atomic E-state index is 12.7. The van der Waals surface area contributed by atoms with Crippen molar-refractivity contribution in [1.29, 1.82) is 0 Å². The molecule has 0 unspecified atom stereocenters. The van der Waals surface area contributed by atoms with Crippen LogP contribution in [-0.2, 0) is 9.53 Å². The quantitative estimate of drug-likeness (QED) is 0.414. The van der Waals surface area contributed by atoms with Crippen LogP contribution in [0.2, 0.25) is 0 Å². The zero-order valence-corrected chi connectivity index (χ0v) is 15.9. The van der Waals surface area contributed by atoms with E-state index < -0.39 is 4.33 Å². The van der Waals surface area contributed by atoms with Gasteiger partial charge in [0.05, 0.1) is 6.61 Å². The minimum Gasteiger partial charge on any atom is -0.465 e. The summed E-state index contributed by atoms with van der Waals surface area (Å²) in [6, 6.07) is 10.8. The molecule has 27 heavy (non-hydrogen) atoms. The predicted octanol–water partition coefficient (Wildman–Crippen LogP) is 3.95. The van der Waals surface area contributed by atoms with E-state index in [1.165, 1.54) is 4.90 Å². The van der Waals surface area contributed by atoms with Crippen LogP contribution in [0.3, 0.4) is 0 Å². The highest BCUT2D eigenvalue weighted by atomic mass is 35.5. The van der Waals surface area contributed by atoms with Gasteiger partial charge < -0.3 is 4.74 Å². The summed E-state index contributed by atoms with van der Waals surface area (Å²) in [6.45, 7) is 0.360. The molecule has 1 aliphatic carbocycles. The average molecular weight is 406 g/mol. The van der Waals surface area contributed by atoms with Gasteiger partial charge in [0, 0.05) is 35.4 Å². The van der Waals surface area contributed by atoms with Crippen LogP contribution >= 0.6 is 23.2 Å². The molecule has 0 bridgehead atoms. The van der Waals surface area contributed by atoms with Gasteiger partial charge in [0.15, 0.2) is 0 Å². The zero-order valence-electron chi connectivity index (χ0n) is 14.4. The lowest BCUT2D eigenvalue weighted by Gasteiger charge is -2.27. The summed E-state index contributed by atoms with van der Waals surface area (Å²) in [6.07, 6.45) is 1.07. The molecule has 1 heterocycles. The van der Waals surface area contributed by atoms with Crippen LogP contribution in [0.4, 0.5) is 0 Å². The third-order valence-corrected chi connectivity index (χ3v) is 5.95. The molecule has 2 aliphatic rings. The molecule has 4 rings (SSSR count). The number of hydrogen-bond acceptors (Lipinski definition) is 4. The van der Waals surface area contributed by atoms with Gasteiger partial charge in [0.2, 0.25) is 0 Å². The third kappa shape index (κ3) is 3.42. The third-order valence-electron chi connectivity index (χ3n) is 5.02. The Morgan fingerprint density at radius 3 is 2.26 bits per heavy atom. The Hall–Kier alpha value is -2.11. The van der Waals surface area contributed by atoms with E-state index in [1.54, 1.807) is 24.3 Å². The van der Waals surface area contributed by atoms with E-state index in [0.29, 0.717) is 29.4 Å². The topological polar surface area (TPSA) is 63.7 Å². The Balaban J connectivity index is 1.38. The molecule has 2 aromatic rings. The summed E-state index contributed by atoms with van der Waals surface area (Å²) >= 11 is 11.8. The van der Waals surface area contributed by atoms with Crippen LogP contribution in [-0.4, -0.2) is 40.2 Å². The van der Waals surface area contributed by atoms with Crippen molar-refractivity contribution in [3.8, 4) is 0 Å². The van der Waals surface area contributed by atoms with Crippen LogP contribution in [0.25, 0.3) is 10.8 Å². The van der Waals surface area contributed by atoms with Crippen LogP contribution in [0.15, 0.2) is 36.4 Å². The molecule has 1 fully saturated rings. The number of halogens is 2. The van der Waals surface area contributed by atoms with Crippen LogP contribution in [0.1, 0.15) is 40.0 Å². The van der Waals surface area contributed by atoms with Crippen LogP contribution < -0.4 is 0 Å². The standard InChI is InChI=1S/C20H17Cl2NO4/c21-20(22)10-13(20)11-27-16(24)8-3-9-23-18(25)14-6-1-4-12-5-2-7-15(17(12)14)19(23)26/h1-2,4-7,13H,3,8-11H2/t13-/m0/s1. The van der Waals surface area contributed by atoms with Crippen LogP contribution in [0.5, 0.6) is 0 Å². The van der Waals surface area contributed by atoms with E-state index in [4.69, 9.17) is 27.9 Å².